The predicted octanol–water partition coefficient (Wildman–Crippen LogP) is 3.56. The Morgan fingerprint density at radius 1 is 1.32 bits per heavy atom. The van der Waals surface area contributed by atoms with Gasteiger partial charge in [-0.1, -0.05) is 25.1 Å². The number of rotatable bonds is 5. The molecule has 1 saturated heterocycles. The van der Waals surface area contributed by atoms with Gasteiger partial charge in [0.15, 0.2) is 0 Å². The van der Waals surface area contributed by atoms with E-state index in [9.17, 15) is 4.79 Å². The van der Waals surface area contributed by atoms with E-state index in [-0.39, 0.29) is 24.2 Å². The van der Waals surface area contributed by atoms with Crippen LogP contribution in [0.1, 0.15) is 12.5 Å². The first-order valence-electron chi connectivity index (χ1n) is 7.34. The van der Waals surface area contributed by atoms with Gasteiger partial charge in [0.25, 0.3) is 0 Å². The van der Waals surface area contributed by atoms with Gasteiger partial charge in [-0.15, -0.1) is 12.4 Å². The van der Waals surface area contributed by atoms with Crippen molar-refractivity contribution in [1.29, 1.82) is 0 Å². The fourth-order valence-corrected chi connectivity index (χ4v) is 3.24. The summed E-state index contributed by atoms with van der Waals surface area (Å²) in [5.74, 6) is 0.746. The first kappa shape index (κ1) is 17.0. The third kappa shape index (κ3) is 3.69. The molecule has 1 aliphatic heterocycles. The molecule has 0 saturated carbocycles. The fraction of sp³-hybridized carbons (Fsp3) is 0.353. The van der Waals surface area contributed by atoms with Crippen molar-refractivity contribution in [2.75, 3.05) is 18.0 Å². The van der Waals surface area contributed by atoms with Crippen molar-refractivity contribution in [2.24, 2.45) is 11.8 Å². The lowest BCUT2D eigenvalue weighted by Crippen LogP contribution is -2.50. The number of nitrogens with one attached hydrogen (secondary N) is 1. The predicted molar refractivity (Wildman–Crippen MR) is 94.7 cm³/mol. The largest absolute Gasteiger partial charge is 0.316 e. The normalized spacial score (nSPS) is 15.5. The highest BCUT2D eigenvalue weighted by atomic mass is 35.5. The van der Waals surface area contributed by atoms with Crippen LogP contribution in [0, 0.1) is 11.8 Å². The van der Waals surface area contributed by atoms with Crippen molar-refractivity contribution in [3.05, 3.63) is 52.7 Å². The molecule has 1 atom stereocenters. The van der Waals surface area contributed by atoms with E-state index in [1.807, 2.05) is 35.2 Å². The number of hydrogen-bond acceptors (Lipinski definition) is 3. The van der Waals surface area contributed by atoms with Gasteiger partial charge in [0.2, 0.25) is 5.91 Å². The molecule has 1 fully saturated rings. The van der Waals surface area contributed by atoms with Gasteiger partial charge in [0, 0.05) is 11.6 Å². The Bertz CT molecular complexity index is 584. The highest BCUT2D eigenvalue weighted by Gasteiger charge is 2.32. The first-order chi connectivity index (χ1) is 10.3. The van der Waals surface area contributed by atoms with Crippen molar-refractivity contribution in [1.82, 2.24) is 5.32 Å². The summed E-state index contributed by atoms with van der Waals surface area (Å²) in [6, 6.07) is 12.1. The molecule has 1 unspecified atom stereocenters. The minimum atomic E-state index is 0. The number of nitrogens with zero attached hydrogens (tertiary/aromatic N) is 1. The number of benzene rings is 1. The molecular weight excluding hydrogens is 316 g/mol. The number of thiophene rings is 1. The molecule has 0 bridgehead atoms. The minimum absolute atomic E-state index is 0. The molecule has 0 radical (unpaired) electrons. The average Bonchev–Trinajstić information content (AvgIpc) is 2.96. The van der Waals surface area contributed by atoms with Gasteiger partial charge in [0.1, 0.15) is 0 Å². The Balaban J connectivity index is 0.00000176. The van der Waals surface area contributed by atoms with Crippen molar-refractivity contribution in [2.45, 2.75) is 13.5 Å². The molecule has 2 heterocycles. The van der Waals surface area contributed by atoms with Crippen LogP contribution in [-0.4, -0.2) is 19.0 Å². The Morgan fingerprint density at radius 3 is 2.59 bits per heavy atom. The van der Waals surface area contributed by atoms with Crippen LogP contribution in [0.5, 0.6) is 0 Å². The molecule has 1 aliphatic rings. The number of anilines is 1. The topological polar surface area (TPSA) is 32.3 Å². The second-order valence-electron chi connectivity index (χ2n) is 5.60. The summed E-state index contributed by atoms with van der Waals surface area (Å²) in [5.41, 5.74) is 2.17. The summed E-state index contributed by atoms with van der Waals surface area (Å²) in [4.78, 5) is 14.8. The highest BCUT2D eigenvalue weighted by molar-refractivity contribution is 7.07. The van der Waals surface area contributed by atoms with Crippen LogP contribution in [0.2, 0.25) is 0 Å². The third-order valence-electron chi connectivity index (χ3n) is 4.16. The van der Waals surface area contributed by atoms with E-state index in [1.165, 1.54) is 5.56 Å². The van der Waals surface area contributed by atoms with Crippen LogP contribution in [-0.2, 0) is 11.3 Å². The van der Waals surface area contributed by atoms with Crippen LogP contribution < -0.4 is 10.2 Å². The molecule has 22 heavy (non-hydrogen) atoms. The summed E-state index contributed by atoms with van der Waals surface area (Å²) >= 11 is 1.67. The molecule has 3 nitrogen and oxygen atoms in total. The number of carbonyl (C=O) groups is 1. The van der Waals surface area contributed by atoms with E-state index in [4.69, 9.17) is 0 Å². The van der Waals surface area contributed by atoms with E-state index in [0.717, 1.165) is 18.8 Å². The second kappa shape index (κ2) is 7.77. The summed E-state index contributed by atoms with van der Waals surface area (Å²) in [5, 5.41) is 7.42. The van der Waals surface area contributed by atoms with Crippen LogP contribution in [0.3, 0.4) is 0 Å². The lowest BCUT2D eigenvalue weighted by Gasteiger charge is -2.35. The van der Waals surface area contributed by atoms with Crippen molar-refractivity contribution >= 4 is 35.3 Å². The minimum Gasteiger partial charge on any atom is -0.316 e. The van der Waals surface area contributed by atoms with Crippen LogP contribution in [0.15, 0.2) is 47.2 Å². The Kier molecular flexibility index (Phi) is 6.00. The lowest BCUT2D eigenvalue weighted by atomic mass is 9.87. The fourth-order valence-electron chi connectivity index (χ4n) is 2.58. The van der Waals surface area contributed by atoms with Gasteiger partial charge >= 0.3 is 0 Å². The van der Waals surface area contributed by atoms with Crippen molar-refractivity contribution < 1.29 is 4.79 Å². The molecule has 1 N–H and O–H groups in total. The van der Waals surface area contributed by atoms with Crippen molar-refractivity contribution in [3.8, 4) is 0 Å². The monoisotopic (exact) mass is 336 g/mol. The zero-order valence-electron chi connectivity index (χ0n) is 12.6. The Labute approximate surface area is 141 Å². The third-order valence-corrected chi connectivity index (χ3v) is 4.90. The van der Waals surface area contributed by atoms with Crippen LogP contribution in [0.4, 0.5) is 5.69 Å². The zero-order valence-corrected chi connectivity index (χ0v) is 14.2. The Morgan fingerprint density at radius 2 is 2.05 bits per heavy atom. The number of halogens is 1. The zero-order chi connectivity index (χ0) is 14.7. The summed E-state index contributed by atoms with van der Waals surface area (Å²) in [6.07, 6.45) is 0. The standard InChI is InChI=1S/C17H20N2OS.ClH/c1-13(15-9-18-10-15)17(20)19(11-14-7-8-21-12-14)16-5-3-2-4-6-16;/h2-8,12-13,15,18H,9-11H2,1H3;1H. The molecule has 3 rings (SSSR count). The molecule has 5 heteroatoms. The van der Waals surface area contributed by atoms with Gasteiger partial charge in [-0.05, 0) is 53.5 Å². The smallest absolute Gasteiger partial charge is 0.230 e. The maximum Gasteiger partial charge on any atom is 0.230 e. The number of hydrogen-bond donors (Lipinski definition) is 1. The summed E-state index contributed by atoms with van der Waals surface area (Å²) < 4.78 is 0. The lowest BCUT2D eigenvalue weighted by molar-refractivity contribution is -0.124. The quantitative estimate of drug-likeness (QED) is 0.905. The summed E-state index contributed by atoms with van der Waals surface area (Å²) in [7, 11) is 0. The van der Waals surface area contributed by atoms with E-state index in [0.29, 0.717) is 12.5 Å². The van der Waals surface area contributed by atoms with Gasteiger partial charge in [0.05, 0.1) is 6.54 Å². The van der Waals surface area contributed by atoms with E-state index < -0.39 is 0 Å². The van der Waals surface area contributed by atoms with Gasteiger partial charge in [-0.2, -0.15) is 11.3 Å². The van der Waals surface area contributed by atoms with Gasteiger partial charge < -0.3 is 10.2 Å². The number of carbonyl (C=O) groups excluding carboxylic acids is 1. The van der Waals surface area contributed by atoms with Crippen molar-refractivity contribution in [3.63, 3.8) is 0 Å². The Hall–Kier alpha value is -1.36. The summed E-state index contributed by atoms with van der Waals surface area (Å²) in [6.45, 7) is 4.61. The highest BCUT2D eigenvalue weighted by Crippen LogP contribution is 2.25. The molecule has 2 aromatic rings. The number of para-hydroxylation sites is 1. The molecular formula is C17H21ClN2OS. The first-order valence-corrected chi connectivity index (χ1v) is 8.28. The second-order valence-corrected chi connectivity index (χ2v) is 6.38. The van der Waals surface area contributed by atoms with E-state index in [2.05, 4.69) is 29.1 Å². The van der Waals surface area contributed by atoms with Crippen LogP contribution in [0.25, 0.3) is 0 Å². The molecule has 1 aromatic heterocycles. The maximum absolute atomic E-state index is 12.9. The van der Waals surface area contributed by atoms with Crippen LogP contribution >= 0.6 is 23.7 Å². The maximum atomic E-state index is 12.9. The molecule has 0 spiro atoms. The molecule has 1 aromatic carbocycles. The van der Waals surface area contributed by atoms with Gasteiger partial charge in [-0.3, -0.25) is 4.79 Å². The number of amides is 1. The average molecular weight is 337 g/mol. The molecule has 118 valence electrons. The van der Waals surface area contributed by atoms with E-state index in [1.54, 1.807) is 11.3 Å². The molecule has 0 aliphatic carbocycles. The molecule has 1 amide bonds. The van der Waals surface area contributed by atoms with Gasteiger partial charge in [-0.25, -0.2) is 0 Å². The van der Waals surface area contributed by atoms with E-state index >= 15 is 0 Å². The SMILES string of the molecule is CC(C(=O)N(Cc1ccsc1)c1ccccc1)C1CNC1.Cl.